The maximum Gasteiger partial charge on any atom is 0.271 e. The highest BCUT2D eigenvalue weighted by molar-refractivity contribution is 7.80. The van der Waals surface area contributed by atoms with Gasteiger partial charge in [-0.15, -0.1) is 11.3 Å². The molecule has 1 atom stereocenters. The minimum atomic E-state index is -0.491. The molecule has 0 bridgehead atoms. The number of hydrogen-bond acceptors (Lipinski definition) is 3. The summed E-state index contributed by atoms with van der Waals surface area (Å²) in [5.41, 5.74) is 1.31. The molecule has 0 radical (unpaired) electrons. The Labute approximate surface area is 153 Å². The van der Waals surface area contributed by atoms with E-state index in [1.54, 1.807) is 0 Å². The second-order valence-corrected chi connectivity index (χ2v) is 7.12. The summed E-state index contributed by atoms with van der Waals surface area (Å²) in [6.45, 7) is 7.11. The lowest BCUT2D eigenvalue weighted by Gasteiger charge is -2.15. The van der Waals surface area contributed by atoms with E-state index in [9.17, 15) is 4.79 Å². The summed E-state index contributed by atoms with van der Waals surface area (Å²) >= 11 is 6.94. The van der Waals surface area contributed by atoms with Crippen LogP contribution in [0.15, 0.2) is 42.0 Å². The monoisotopic (exact) mass is 361 g/mol. The van der Waals surface area contributed by atoms with E-state index in [1.165, 1.54) is 16.9 Å². The van der Waals surface area contributed by atoms with Crippen molar-refractivity contribution in [1.29, 1.82) is 0 Å². The molecule has 0 aliphatic carbocycles. The molecule has 1 N–H and O–H groups in total. The zero-order chi connectivity index (χ0) is 17.5. The summed E-state index contributed by atoms with van der Waals surface area (Å²) in [6.07, 6.45) is 6.20. The number of thiocarbonyl (C=S) groups is 1. The van der Waals surface area contributed by atoms with Crippen LogP contribution in [0.5, 0.6) is 0 Å². The van der Waals surface area contributed by atoms with Crippen LogP contribution in [-0.4, -0.2) is 17.3 Å². The summed E-state index contributed by atoms with van der Waals surface area (Å²) < 4.78 is 1.92. The van der Waals surface area contributed by atoms with Gasteiger partial charge in [0.15, 0.2) is 17.4 Å². The van der Waals surface area contributed by atoms with Crippen LogP contribution in [0.3, 0.4) is 0 Å². The highest BCUT2D eigenvalue weighted by Crippen LogP contribution is 2.22. The van der Waals surface area contributed by atoms with Crippen LogP contribution in [0, 0.1) is 0 Å². The van der Waals surface area contributed by atoms with Crippen molar-refractivity contribution in [3.8, 4) is 0 Å². The van der Waals surface area contributed by atoms with E-state index < -0.39 is 6.04 Å². The molecule has 0 saturated heterocycles. The fraction of sp³-hybridized carbons (Fsp3) is 0.421. The molecule has 0 unspecified atom stereocenters. The van der Waals surface area contributed by atoms with Gasteiger partial charge in [0.25, 0.3) is 6.04 Å². The summed E-state index contributed by atoms with van der Waals surface area (Å²) in [5, 5.41) is 5.06. The van der Waals surface area contributed by atoms with Crippen molar-refractivity contribution in [1.82, 2.24) is 5.32 Å². The van der Waals surface area contributed by atoms with E-state index >= 15 is 0 Å². The molecule has 2 aromatic rings. The summed E-state index contributed by atoms with van der Waals surface area (Å²) in [5.74, 6) is 0.600. The second-order valence-electron chi connectivity index (χ2n) is 5.73. The van der Waals surface area contributed by atoms with Gasteiger partial charge >= 0.3 is 0 Å². The number of nitrogens with zero attached hydrogens (tertiary/aromatic N) is 1. The van der Waals surface area contributed by atoms with E-state index in [0.29, 0.717) is 17.5 Å². The predicted molar refractivity (Wildman–Crippen MR) is 104 cm³/mol. The normalized spacial score (nSPS) is 12.2. The van der Waals surface area contributed by atoms with E-state index in [2.05, 4.69) is 31.3 Å². The number of Topliss-reactive ketones (excluding diaryl/α,β-unsaturated/α-hetero) is 1. The molecule has 0 saturated carbocycles. The number of carbonyl (C=O) groups is 1. The van der Waals surface area contributed by atoms with Gasteiger partial charge in [0.1, 0.15) is 0 Å². The molecule has 3 nitrogen and oxygen atoms in total. The Morgan fingerprint density at radius 2 is 1.88 bits per heavy atom. The molecule has 0 fully saturated rings. The topological polar surface area (TPSA) is 33.0 Å². The first-order chi connectivity index (χ1) is 11.6. The molecular weight excluding hydrogens is 336 g/mol. The SMILES string of the molecule is CCNC(=S)[C@H](C(=O)c1cccs1)[n+]1ccc(C(CC)CC)cc1. The van der Waals surface area contributed by atoms with Crippen LogP contribution < -0.4 is 9.88 Å². The third-order valence-corrected chi connectivity index (χ3v) is 5.50. The number of likely N-dealkylation sites (N-methyl/N-ethyl adjacent to an activating group) is 1. The molecule has 0 aromatic carbocycles. The largest absolute Gasteiger partial charge is 0.374 e. The summed E-state index contributed by atoms with van der Waals surface area (Å²) in [4.78, 5) is 14.2. The lowest BCUT2D eigenvalue weighted by Crippen LogP contribution is -2.51. The van der Waals surface area contributed by atoms with Crippen molar-refractivity contribution >= 4 is 34.3 Å². The Hall–Kier alpha value is -1.59. The van der Waals surface area contributed by atoms with Gasteiger partial charge in [-0.2, -0.15) is 4.57 Å². The molecule has 0 spiro atoms. The number of thiophene rings is 1. The standard InChI is InChI=1S/C19H24N2OS2/c1-4-14(5-2)15-9-11-21(12-10-15)17(19(23)20-6-3)18(22)16-8-7-13-24-16/h7-14,17H,4-6H2,1-3H3/p+1/t17-/m0/s1. The van der Waals surface area contributed by atoms with Gasteiger partial charge in [-0.05, 0) is 42.7 Å². The minimum Gasteiger partial charge on any atom is -0.374 e. The fourth-order valence-electron chi connectivity index (χ4n) is 2.87. The number of nitrogens with one attached hydrogen (secondary N) is 1. The first-order valence-corrected chi connectivity index (χ1v) is 9.77. The summed E-state index contributed by atoms with van der Waals surface area (Å²) in [6, 6.07) is 7.48. The van der Waals surface area contributed by atoms with Crippen molar-refractivity contribution in [2.45, 2.75) is 45.6 Å². The van der Waals surface area contributed by atoms with Crippen molar-refractivity contribution in [3.63, 3.8) is 0 Å². The Balaban J connectivity index is 2.33. The average molecular weight is 362 g/mol. The quantitative estimate of drug-likeness (QED) is 0.432. The summed E-state index contributed by atoms with van der Waals surface area (Å²) in [7, 11) is 0. The maximum absolute atomic E-state index is 12.9. The smallest absolute Gasteiger partial charge is 0.271 e. The average Bonchev–Trinajstić information content (AvgIpc) is 3.12. The molecule has 0 aliphatic rings. The third-order valence-electron chi connectivity index (χ3n) is 4.25. The highest BCUT2D eigenvalue weighted by atomic mass is 32.1. The number of ketones is 1. The Kier molecular flexibility index (Phi) is 7.06. The van der Waals surface area contributed by atoms with Crippen molar-refractivity contribution in [3.05, 3.63) is 52.5 Å². The Morgan fingerprint density at radius 1 is 1.21 bits per heavy atom. The molecular formula is C19H25N2OS2+. The number of aromatic nitrogens is 1. The molecule has 2 aromatic heterocycles. The van der Waals surface area contributed by atoms with Gasteiger partial charge in [-0.25, -0.2) is 0 Å². The van der Waals surface area contributed by atoms with Crippen LogP contribution in [0.2, 0.25) is 0 Å². The van der Waals surface area contributed by atoms with Crippen LogP contribution >= 0.6 is 23.6 Å². The van der Waals surface area contributed by atoms with Gasteiger partial charge in [0.05, 0.1) is 4.88 Å². The van der Waals surface area contributed by atoms with Gasteiger partial charge in [0, 0.05) is 18.7 Å². The van der Waals surface area contributed by atoms with E-state index in [4.69, 9.17) is 12.2 Å². The molecule has 2 heterocycles. The molecule has 2 rings (SSSR count). The maximum atomic E-state index is 12.9. The fourth-order valence-corrected chi connectivity index (χ4v) is 3.93. The zero-order valence-corrected chi connectivity index (χ0v) is 16.1. The van der Waals surface area contributed by atoms with Crippen LogP contribution in [0.4, 0.5) is 0 Å². The van der Waals surface area contributed by atoms with Gasteiger partial charge in [0.2, 0.25) is 5.78 Å². The number of rotatable bonds is 8. The first-order valence-electron chi connectivity index (χ1n) is 8.48. The van der Waals surface area contributed by atoms with Crippen LogP contribution in [-0.2, 0) is 0 Å². The zero-order valence-electron chi connectivity index (χ0n) is 14.5. The molecule has 128 valence electrons. The third kappa shape index (κ3) is 4.28. The van der Waals surface area contributed by atoms with Crippen LogP contribution in [0.25, 0.3) is 0 Å². The number of hydrogen-bond donors (Lipinski definition) is 1. The van der Waals surface area contributed by atoms with E-state index in [0.717, 1.165) is 17.7 Å². The van der Waals surface area contributed by atoms with E-state index in [-0.39, 0.29) is 5.78 Å². The minimum absolute atomic E-state index is 0.0382. The second kappa shape index (κ2) is 9.04. The molecule has 0 amide bonds. The van der Waals surface area contributed by atoms with Crippen molar-refractivity contribution < 1.29 is 9.36 Å². The van der Waals surface area contributed by atoms with E-state index in [1.807, 2.05) is 41.4 Å². The molecule has 24 heavy (non-hydrogen) atoms. The number of pyridine rings is 1. The highest BCUT2D eigenvalue weighted by Gasteiger charge is 2.33. The van der Waals surface area contributed by atoms with Gasteiger partial charge in [-0.1, -0.05) is 32.1 Å². The van der Waals surface area contributed by atoms with Crippen molar-refractivity contribution in [2.24, 2.45) is 0 Å². The Morgan fingerprint density at radius 3 is 2.38 bits per heavy atom. The Bertz CT molecular complexity index is 661. The van der Waals surface area contributed by atoms with Gasteiger partial charge < -0.3 is 5.32 Å². The number of carbonyl (C=O) groups excluding carboxylic acids is 1. The first kappa shape index (κ1) is 18.7. The predicted octanol–water partition coefficient (Wildman–Crippen LogP) is 4.30. The van der Waals surface area contributed by atoms with Gasteiger partial charge in [-0.3, -0.25) is 4.79 Å². The lowest BCUT2D eigenvalue weighted by molar-refractivity contribution is -0.692. The van der Waals surface area contributed by atoms with Crippen molar-refractivity contribution in [2.75, 3.05) is 6.54 Å². The molecule has 0 aliphatic heterocycles. The molecule has 5 heteroatoms. The lowest BCUT2D eigenvalue weighted by atomic mass is 9.95. The van der Waals surface area contributed by atoms with Crippen LogP contribution in [0.1, 0.15) is 60.8 Å².